The molecular formula is C6H10O7S2. The smallest absolute Gasteiger partial charge is 0.346 e. The molecule has 0 saturated heterocycles. The summed E-state index contributed by atoms with van der Waals surface area (Å²) in [5.41, 5.74) is -3.33. The van der Waals surface area contributed by atoms with E-state index in [4.69, 9.17) is 20.4 Å². The Morgan fingerprint density at radius 3 is 2.20 bits per heavy atom. The number of aliphatic hydroxyl groups is 3. The molecule has 0 aliphatic rings. The van der Waals surface area contributed by atoms with E-state index in [2.05, 4.69) is 4.74 Å². The summed E-state index contributed by atoms with van der Waals surface area (Å²) < 4.78 is 4.34. The first-order chi connectivity index (χ1) is 6.99. The molecule has 0 aliphatic heterocycles. The zero-order chi connectivity index (χ0) is 11.8. The second kappa shape index (κ2) is 7.77. The van der Waals surface area contributed by atoms with Crippen molar-refractivity contribution in [2.24, 2.45) is 0 Å². The number of hydrogen-bond donors (Lipinski definition) is 4. The Morgan fingerprint density at radius 2 is 1.73 bits per heavy atom. The second-order valence-electron chi connectivity index (χ2n) is 2.13. The van der Waals surface area contributed by atoms with Crippen LogP contribution >= 0.6 is 21.6 Å². The molecule has 0 heterocycles. The minimum absolute atomic E-state index is 0.247. The third kappa shape index (κ3) is 6.57. The summed E-state index contributed by atoms with van der Waals surface area (Å²) in [5.74, 6) is -2.47. The van der Waals surface area contributed by atoms with Crippen LogP contribution in [0.2, 0.25) is 0 Å². The first-order valence-corrected chi connectivity index (χ1v) is 5.95. The number of aliphatic carboxylic acids is 1. The van der Waals surface area contributed by atoms with Gasteiger partial charge in [0.2, 0.25) is 10.9 Å². The van der Waals surface area contributed by atoms with Gasteiger partial charge < -0.3 is 25.2 Å². The highest BCUT2D eigenvalue weighted by Crippen LogP contribution is 2.29. The molecule has 0 saturated carbocycles. The lowest BCUT2D eigenvalue weighted by Gasteiger charge is -2.09. The van der Waals surface area contributed by atoms with E-state index in [-0.39, 0.29) is 13.2 Å². The molecule has 0 spiro atoms. The Labute approximate surface area is 92.8 Å². The van der Waals surface area contributed by atoms with Gasteiger partial charge in [0.25, 0.3) is 0 Å². The standard InChI is InChI=1S/C6H10O7S2/c7-1-2-13-4(10)6(12)15-14-5(11)3(8)9/h5-7,11-12H,1-2H2,(H,8,9). The van der Waals surface area contributed by atoms with Crippen LogP contribution in [0.3, 0.4) is 0 Å². The predicted octanol–water partition coefficient (Wildman–Crippen LogP) is -1.38. The zero-order valence-electron chi connectivity index (χ0n) is 7.40. The van der Waals surface area contributed by atoms with E-state index in [1.165, 1.54) is 0 Å². The maximum atomic E-state index is 10.8. The van der Waals surface area contributed by atoms with Crippen LogP contribution in [-0.2, 0) is 14.3 Å². The van der Waals surface area contributed by atoms with Crippen molar-refractivity contribution in [1.29, 1.82) is 0 Å². The lowest BCUT2D eigenvalue weighted by atomic mass is 10.7. The predicted molar refractivity (Wildman–Crippen MR) is 52.9 cm³/mol. The highest BCUT2D eigenvalue weighted by atomic mass is 33.1. The Balaban J connectivity index is 3.77. The summed E-state index contributed by atoms with van der Waals surface area (Å²) in [6.07, 6.45) is 0. The molecule has 0 fully saturated rings. The largest absolute Gasteiger partial charge is 0.479 e. The number of carboxylic acids is 1. The molecule has 0 amide bonds. The third-order valence-electron chi connectivity index (χ3n) is 0.986. The number of rotatable bonds is 7. The second-order valence-corrected chi connectivity index (χ2v) is 4.56. The Kier molecular flexibility index (Phi) is 7.52. The van der Waals surface area contributed by atoms with Gasteiger partial charge in [-0.3, -0.25) is 0 Å². The fraction of sp³-hybridized carbons (Fsp3) is 0.667. The summed E-state index contributed by atoms with van der Waals surface area (Å²) in [6.45, 7) is -0.614. The topological polar surface area (TPSA) is 124 Å². The number of hydrogen-bond acceptors (Lipinski definition) is 8. The molecule has 0 bridgehead atoms. The molecule has 88 valence electrons. The SMILES string of the molecule is O=C(O)C(O)SSC(O)C(=O)OCCO. The van der Waals surface area contributed by atoms with Gasteiger partial charge in [0.05, 0.1) is 6.61 Å². The summed E-state index contributed by atoms with van der Waals surface area (Å²) in [7, 11) is 0.870. The molecule has 0 aromatic rings. The van der Waals surface area contributed by atoms with E-state index in [0.717, 1.165) is 0 Å². The number of carbonyl (C=O) groups excluding carboxylic acids is 1. The van der Waals surface area contributed by atoms with Gasteiger partial charge in [0, 0.05) is 0 Å². The van der Waals surface area contributed by atoms with Crippen LogP contribution in [0.25, 0.3) is 0 Å². The molecule has 7 nitrogen and oxygen atoms in total. The van der Waals surface area contributed by atoms with Crippen LogP contribution in [-0.4, -0.2) is 56.5 Å². The van der Waals surface area contributed by atoms with Crippen LogP contribution in [0, 0.1) is 0 Å². The Hall–Kier alpha value is -0.480. The van der Waals surface area contributed by atoms with Gasteiger partial charge in [-0.15, -0.1) is 0 Å². The van der Waals surface area contributed by atoms with Crippen molar-refractivity contribution in [2.45, 2.75) is 10.9 Å². The zero-order valence-corrected chi connectivity index (χ0v) is 9.03. The van der Waals surface area contributed by atoms with Crippen LogP contribution in [0.1, 0.15) is 0 Å². The number of carboxylic acid groups (broad SMARTS) is 1. The van der Waals surface area contributed by atoms with E-state index in [9.17, 15) is 9.59 Å². The Morgan fingerprint density at radius 1 is 1.20 bits per heavy atom. The fourth-order valence-electron chi connectivity index (χ4n) is 0.403. The molecule has 0 radical (unpaired) electrons. The highest BCUT2D eigenvalue weighted by molar-refractivity contribution is 8.77. The van der Waals surface area contributed by atoms with E-state index in [1.807, 2.05) is 0 Å². The van der Waals surface area contributed by atoms with Gasteiger partial charge in [-0.2, -0.15) is 0 Å². The average Bonchev–Trinajstić information content (AvgIpc) is 2.21. The van der Waals surface area contributed by atoms with Gasteiger partial charge in [-0.25, -0.2) is 9.59 Å². The highest BCUT2D eigenvalue weighted by Gasteiger charge is 2.22. The number of aliphatic hydroxyl groups excluding tert-OH is 3. The molecular weight excluding hydrogens is 248 g/mol. The summed E-state index contributed by atoms with van der Waals surface area (Å²) >= 11 is 0. The number of ether oxygens (including phenoxy) is 1. The normalized spacial score (nSPS) is 14.3. The van der Waals surface area contributed by atoms with Crippen LogP contribution in [0.5, 0.6) is 0 Å². The van der Waals surface area contributed by atoms with Crippen molar-refractivity contribution in [3.63, 3.8) is 0 Å². The molecule has 0 aromatic carbocycles. The number of esters is 1. The Bertz CT molecular complexity index is 222. The molecule has 15 heavy (non-hydrogen) atoms. The van der Waals surface area contributed by atoms with Crippen LogP contribution in [0.15, 0.2) is 0 Å². The van der Waals surface area contributed by atoms with E-state index in [0.29, 0.717) is 21.6 Å². The quantitative estimate of drug-likeness (QED) is 0.248. The lowest BCUT2D eigenvalue weighted by molar-refractivity contribution is -0.149. The molecule has 0 aliphatic carbocycles. The first kappa shape index (κ1) is 14.5. The van der Waals surface area contributed by atoms with Gasteiger partial charge in [-0.1, -0.05) is 0 Å². The maximum absolute atomic E-state index is 10.8. The number of carbonyl (C=O) groups is 2. The van der Waals surface area contributed by atoms with E-state index >= 15 is 0 Å². The van der Waals surface area contributed by atoms with Crippen molar-refractivity contribution in [1.82, 2.24) is 0 Å². The van der Waals surface area contributed by atoms with Crippen molar-refractivity contribution in [2.75, 3.05) is 13.2 Å². The molecule has 0 rings (SSSR count). The van der Waals surface area contributed by atoms with Gasteiger partial charge in [-0.05, 0) is 21.6 Å². The lowest BCUT2D eigenvalue weighted by Crippen LogP contribution is -2.22. The fourth-order valence-corrected chi connectivity index (χ4v) is 1.96. The molecule has 2 atom stereocenters. The van der Waals surface area contributed by atoms with Crippen LogP contribution < -0.4 is 0 Å². The molecule has 9 heteroatoms. The third-order valence-corrected chi connectivity index (χ3v) is 3.28. The summed E-state index contributed by atoms with van der Waals surface area (Å²) in [5, 5.41) is 34.4. The minimum Gasteiger partial charge on any atom is -0.479 e. The van der Waals surface area contributed by atoms with Crippen molar-refractivity contribution >= 4 is 33.5 Å². The maximum Gasteiger partial charge on any atom is 0.346 e. The van der Waals surface area contributed by atoms with Crippen LogP contribution in [0.4, 0.5) is 0 Å². The summed E-state index contributed by atoms with van der Waals surface area (Å²) in [6, 6.07) is 0. The minimum atomic E-state index is -1.73. The monoisotopic (exact) mass is 258 g/mol. The molecule has 2 unspecified atom stereocenters. The van der Waals surface area contributed by atoms with E-state index < -0.39 is 22.8 Å². The molecule has 0 aromatic heterocycles. The van der Waals surface area contributed by atoms with Crippen molar-refractivity contribution < 1.29 is 34.8 Å². The van der Waals surface area contributed by atoms with Gasteiger partial charge in [0.1, 0.15) is 6.61 Å². The van der Waals surface area contributed by atoms with Crippen molar-refractivity contribution in [3.05, 3.63) is 0 Å². The molecule has 4 N–H and O–H groups in total. The van der Waals surface area contributed by atoms with Gasteiger partial charge >= 0.3 is 11.9 Å². The van der Waals surface area contributed by atoms with Crippen molar-refractivity contribution in [3.8, 4) is 0 Å². The average molecular weight is 258 g/mol. The van der Waals surface area contributed by atoms with Gasteiger partial charge in [0.15, 0.2) is 0 Å². The van der Waals surface area contributed by atoms with E-state index in [1.54, 1.807) is 0 Å². The summed E-state index contributed by atoms with van der Waals surface area (Å²) in [4.78, 5) is 21.0. The first-order valence-electron chi connectivity index (χ1n) is 3.67.